The van der Waals surface area contributed by atoms with Crippen molar-refractivity contribution in [1.82, 2.24) is 4.98 Å². The second-order valence-electron chi connectivity index (χ2n) is 3.79. The molecule has 0 amide bonds. The molecule has 17 heavy (non-hydrogen) atoms. The maximum atomic E-state index is 8.74. The van der Waals surface area contributed by atoms with Crippen LogP contribution in [0.1, 0.15) is 17.8 Å². The Balaban J connectivity index is 2.10. The molecule has 0 atom stereocenters. The highest BCUT2D eigenvalue weighted by molar-refractivity contribution is 9.10. The Kier molecular flexibility index (Phi) is 4.71. The van der Waals surface area contributed by atoms with Crippen LogP contribution in [0.25, 0.3) is 11.3 Å². The summed E-state index contributed by atoms with van der Waals surface area (Å²) in [6.45, 7) is 0.266. The molecule has 90 valence electrons. The van der Waals surface area contributed by atoms with Crippen LogP contribution in [0, 0.1) is 0 Å². The van der Waals surface area contributed by atoms with E-state index in [4.69, 9.17) is 5.11 Å². The molecule has 0 spiro atoms. The van der Waals surface area contributed by atoms with E-state index in [1.165, 1.54) is 0 Å². The van der Waals surface area contributed by atoms with E-state index in [0.717, 1.165) is 40.0 Å². The number of rotatable bonds is 5. The standard InChI is InChI=1S/C13H14BrNOS/c14-11-6-2-1-5-10(11)12-9-17-13(15-12)7-3-4-8-16/h1-2,5-6,9,16H,3-4,7-8H2. The number of aromatic nitrogens is 1. The zero-order valence-corrected chi connectivity index (χ0v) is 11.8. The smallest absolute Gasteiger partial charge is 0.0932 e. The van der Waals surface area contributed by atoms with Gasteiger partial charge in [0.15, 0.2) is 0 Å². The molecular formula is C13H14BrNOS. The second kappa shape index (κ2) is 6.28. The molecule has 0 aliphatic heterocycles. The molecule has 0 fully saturated rings. The zero-order valence-electron chi connectivity index (χ0n) is 9.40. The van der Waals surface area contributed by atoms with Gasteiger partial charge in [0.25, 0.3) is 0 Å². The Labute approximate surface area is 113 Å². The third kappa shape index (κ3) is 3.37. The van der Waals surface area contributed by atoms with E-state index < -0.39 is 0 Å². The molecule has 1 aromatic carbocycles. The van der Waals surface area contributed by atoms with Gasteiger partial charge in [-0.05, 0) is 25.3 Å². The maximum Gasteiger partial charge on any atom is 0.0932 e. The van der Waals surface area contributed by atoms with Crippen LogP contribution in [-0.2, 0) is 6.42 Å². The van der Waals surface area contributed by atoms with Crippen molar-refractivity contribution in [3.05, 3.63) is 39.1 Å². The average molecular weight is 312 g/mol. The average Bonchev–Trinajstić information content (AvgIpc) is 2.79. The number of halogens is 1. The van der Waals surface area contributed by atoms with Gasteiger partial charge in [0.05, 0.1) is 10.7 Å². The van der Waals surface area contributed by atoms with E-state index >= 15 is 0 Å². The molecule has 4 heteroatoms. The third-order valence-electron chi connectivity index (χ3n) is 2.50. The molecular weight excluding hydrogens is 298 g/mol. The van der Waals surface area contributed by atoms with Crippen LogP contribution in [-0.4, -0.2) is 16.7 Å². The summed E-state index contributed by atoms with van der Waals surface area (Å²) in [4.78, 5) is 4.62. The fourth-order valence-electron chi connectivity index (χ4n) is 1.61. The third-order valence-corrected chi connectivity index (χ3v) is 4.10. The topological polar surface area (TPSA) is 33.1 Å². The Bertz CT molecular complexity index is 484. The maximum absolute atomic E-state index is 8.74. The van der Waals surface area contributed by atoms with E-state index in [-0.39, 0.29) is 6.61 Å². The fourth-order valence-corrected chi connectivity index (χ4v) is 2.93. The van der Waals surface area contributed by atoms with Gasteiger partial charge in [-0.25, -0.2) is 4.98 Å². The van der Waals surface area contributed by atoms with Crippen molar-refractivity contribution in [2.24, 2.45) is 0 Å². The molecule has 0 bridgehead atoms. The molecule has 1 heterocycles. The fraction of sp³-hybridized carbons (Fsp3) is 0.308. The number of aliphatic hydroxyl groups is 1. The normalized spacial score (nSPS) is 10.7. The minimum absolute atomic E-state index is 0.266. The van der Waals surface area contributed by atoms with Crippen molar-refractivity contribution in [2.75, 3.05) is 6.61 Å². The van der Waals surface area contributed by atoms with Gasteiger partial charge < -0.3 is 5.11 Å². The van der Waals surface area contributed by atoms with Crippen molar-refractivity contribution in [1.29, 1.82) is 0 Å². The van der Waals surface area contributed by atoms with E-state index in [2.05, 4.69) is 32.4 Å². The van der Waals surface area contributed by atoms with Crippen LogP contribution in [0.3, 0.4) is 0 Å². The summed E-state index contributed by atoms with van der Waals surface area (Å²) in [5, 5.41) is 12.0. The number of nitrogens with zero attached hydrogens (tertiary/aromatic N) is 1. The van der Waals surface area contributed by atoms with Crippen LogP contribution in [0.5, 0.6) is 0 Å². The molecule has 2 aromatic rings. The Hall–Kier alpha value is -0.710. The van der Waals surface area contributed by atoms with Gasteiger partial charge in [-0.3, -0.25) is 0 Å². The number of hydrogen-bond acceptors (Lipinski definition) is 3. The highest BCUT2D eigenvalue weighted by Crippen LogP contribution is 2.29. The molecule has 1 aromatic heterocycles. The molecule has 1 N–H and O–H groups in total. The predicted octanol–water partition coefficient (Wildman–Crippen LogP) is 3.89. The summed E-state index contributed by atoms with van der Waals surface area (Å²) in [5.41, 5.74) is 2.17. The van der Waals surface area contributed by atoms with E-state index in [9.17, 15) is 0 Å². The molecule has 0 saturated carbocycles. The monoisotopic (exact) mass is 311 g/mol. The number of thiazole rings is 1. The summed E-state index contributed by atoms with van der Waals surface area (Å²) in [7, 11) is 0. The van der Waals surface area contributed by atoms with Crippen LogP contribution in [0.4, 0.5) is 0 Å². The van der Waals surface area contributed by atoms with Crippen molar-refractivity contribution in [2.45, 2.75) is 19.3 Å². The Morgan fingerprint density at radius 1 is 1.24 bits per heavy atom. The second-order valence-corrected chi connectivity index (χ2v) is 5.58. The lowest BCUT2D eigenvalue weighted by Crippen LogP contribution is -1.88. The first kappa shape index (κ1) is 12.7. The van der Waals surface area contributed by atoms with Crippen LogP contribution in [0.15, 0.2) is 34.1 Å². The Morgan fingerprint density at radius 2 is 2.06 bits per heavy atom. The van der Waals surface area contributed by atoms with Crippen LogP contribution in [0.2, 0.25) is 0 Å². The lowest BCUT2D eigenvalue weighted by Gasteiger charge is -1.99. The van der Waals surface area contributed by atoms with Gasteiger partial charge in [-0.1, -0.05) is 34.1 Å². The lowest BCUT2D eigenvalue weighted by molar-refractivity contribution is 0.284. The summed E-state index contributed by atoms with van der Waals surface area (Å²) in [5.74, 6) is 0. The number of aryl methyl sites for hydroxylation is 1. The van der Waals surface area contributed by atoms with Gasteiger partial charge in [-0.15, -0.1) is 11.3 Å². The first-order valence-electron chi connectivity index (χ1n) is 5.61. The van der Waals surface area contributed by atoms with Crippen molar-refractivity contribution < 1.29 is 5.11 Å². The summed E-state index contributed by atoms with van der Waals surface area (Å²) >= 11 is 5.23. The van der Waals surface area contributed by atoms with Gasteiger partial charge in [-0.2, -0.15) is 0 Å². The number of aliphatic hydroxyl groups excluding tert-OH is 1. The molecule has 0 aliphatic rings. The molecule has 0 unspecified atom stereocenters. The van der Waals surface area contributed by atoms with Gasteiger partial charge >= 0.3 is 0 Å². The lowest BCUT2D eigenvalue weighted by atomic mass is 10.2. The van der Waals surface area contributed by atoms with E-state index in [1.54, 1.807) is 11.3 Å². The van der Waals surface area contributed by atoms with Gasteiger partial charge in [0, 0.05) is 22.0 Å². The quantitative estimate of drug-likeness (QED) is 0.850. The highest BCUT2D eigenvalue weighted by Gasteiger charge is 2.07. The molecule has 2 nitrogen and oxygen atoms in total. The highest BCUT2D eigenvalue weighted by atomic mass is 79.9. The van der Waals surface area contributed by atoms with Crippen LogP contribution < -0.4 is 0 Å². The van der Waals surface area contributed by atoms with Crippen molar-refractivity contribution in [3.63, 3.8) is 0 Å². The molecule has 0 radical (unpaired) electrons. The summed E-state index contributed by atoms with van der Waals surface area (Å²) in [6.07, 6.45) is 2.80. The first-order chi connectivity index (χ1) is 8.31. The van der Waals surface area contributed by atoms with Crippen molar-refractivity contribution in [3.8, 4) is 11.3 Å². The summed E-state index contributed by atoms with van der Waals surface area (Å²) < 4.78 is 1.08. The number of benzene rings is 1. The number of hydrogen-bond donors (Lipinski definition) is 1. The first-order valence-corrected chi connectivity index (χ1v) is 7.28. The van der Waals surface area contributed by atoms with Gasteiger partial charge in [0.2, 0.25) is 0 Å². The minimum atomic E-state index is 0.266. The molecule has 0 aliphatic carbocycles. The Morgan fingerprint density at radius 3 is 2.82 bits per heavy atom. The van der Waals surface area contributed by atoms with E-state index in [1.807, 2.05) is 18.2 Å². The summed E-state index contributed by atoms with van der Waals surface area (Å²) in [6, 6.07) is 8.11. The molecule has 0 saturated heterocycles. The van der Waals surface area contributed by atoms with E-state index in [0.29, 0.717) is 0 Å². The predicted molar refractivity (Wildman–Crippen MR) is 75.3 cm³/mol. The minimum Gasteiger partial charge on any atom is -0.396 e. The largest absolute Gasteiger partial charge is 0.396 e. The SMILES string of the molecule is OCCCCc1nc(-c2ccccc2Br)cs1. The molecule has 2 rings (SSSR count). The number of unbranched alkanes of at least 4 members (excludes halogenated alkanes) is 1. The van der Waals surface area contributed by atoms with Crippen LogP contribution >= 0.6 is 27.3 Å². The van der Waals surface area contributed by atoms with Crippen molar-refractivity contribution >= 4 is 27.3 Å². The van der Waals surface area contributed by atoms with Gasteiger partial charge in [0.1, 0.15) is 0 Å². The zero-order chi connectivity index (χ0) is 12.1.